The molecular formula is C7H8F2NO+. The minimum Gasteiger partial charge on any atom is -0.445 e. The Morgan fingerprint density at radius 2 is 2.09 bits per heavy atom. The highest BCUT2D eigenvalue weighted by Gasteiger charge is 2.19. The van der Waals surface area contributed by atoms with E-state index in [9.17, 15) is 8.87 Å². The molecule has 0 aromatic carbocycles. The Kier molecular flexibility index (Phi) is 2.03. The van der Waals surface area contributed by atoms with Gasteiger partial charge in [-0.1, -0.05) is 0 Å². The van der Waals surface area contributed by atoms with Crippen LogP contribution in [0.4, 0.5) is 8.87 Å². The Morgan fingerprint density at radius 3 is 2.64 bits per heavy atom. The minimum absolute atomic E-state index is 0.137. The highest BCUT2D eigenvalue weighted by atomic mass is 19.2. The molecule has 0 bridgehead atoms. The maximum Gasteiger partial charge on any atom is 0.416 e. The van der Waals surface area contributed by atoms with Crippen molar-refractivity contribution >= 4 is 0 Å². The van der Waals surface area contributed by atoms with E-state index in [0.717, 1.165) is 6.07 Å². The number of rotatable bonds is 1. The molecule has 1 heterocycles. The molecule has 1 rings (SSSR count). The summed E-state index contributed by atoms with van der Waals surface area (Å²) in [7, 11) is 1.28. The number of pyridine rings is 1. The molecule has 0 radical (unpaired) electrons. The Bertz CT molecular complexity index is 275. The second-order valence-electron chi connectivity index (χ2n) is 2.18. The molecule has 0 amide bonds. The second kappa shape index (κ2) is 2.82. The zero-order valence-electron chi connectivity index (χ0n) is 6.27. The van der Waals surface area contributed by atoms with Crippen LogP contribution in [0.1, 0.15) is 5.56 Å². The van der Waals surface area contributed by atoms with Gasteiger partial charge in [-0.3, -0.25) is 0 Å². The highest BCUT2D eigenvalue weighted by Crippen LogP contribution is 2.07. The van der Waals surface area contributed by atoms with Gasteiger partial charge in [0.1, 0.15) is 4.48 Å². The Morgan fingerprint density at radius 1 is 1.45 bits per heavy atom. The third-order valence-corrected chi connectivity index (χ3v) is 1.29. The van der Waals surface area contributed by atoms with Gasteiger partial charge in [0.2, 0.25) is 0 Å². The molecule has 0 unspecified atom stereocenters. The summed E-state index contributed by atoms with van der Waals surface area (Å²) in [6.45, 7) is 1.66. The number of halogens is 2. The molecule has 0 saturated carbocycles. The molecule has 0 atom stereocenters. The number of hydrogen-bond acceptors (Lipinski definition) is 1. The molecule has 0 aliphatic rings. The van der Waals surface area contributed by atoms with Gasteiger partial charge in [-0.05, 0) is 12.5 Å². The third-order valence-electron chi connectivity index (χ3n) is 1.29. The monoisotopic (exact) mass is 160 g/mol. The van der Waals surface area contributed by atoms with Crippen LogP contribution in [0.5, 0.6) is 5.88 Å². The van der Waals surface area contributed by atoms with Gasteiger partial charge < -0.3 is 4.74 Å². The molecule has 0 aliphatic heterocycles. The molecule has 4 heteroatoms. The van der Waals surface area contributed by atoms with Gasteiger partial charge in [-0.25, -0.2) is 0 Å². The van der Waals surface area contributed by atoms with E-state index in [4.69, 9.17) is 0 Å². The lowest BCUT2D eigenvalue weighted by molar-refractivity contribution is -0.866. The zero-order valence-corrected chi connectivity index (χ0v) is 6.27. The molecule has 60 valence electrons. The van der Waals surface area contributed by atoms with Crippen LogP contribution in [-0.2, 0) is 0 Å². The van der Waals surface area contributed by atoms with Crippen LogP contribution in [0.25, 0.3) is 0 Å². The van der Waals surface area contributed by atoms with Crippen molar-refractivity contribution in [1.29, 1.82) is 0 Å². The third kappa shape index (κ3) is 1.45. The predicted molar refractivity (Wildman–Crippen MR) is 34.4 cm³/mol. The Labute approximate surface area is 63.0 Å². The second-order valence-corrected chi connectivity index (χ2v) is 2.18. The van der Waals surface area contributed by atoms with E-state index in [2.05, 4.69) is 4.74 Å². The highest BCUT2D eigenvalue weighted by molar-refractivity contribution is 5.14. The summed E-state index contributed by atoms with van der Waals surface area (Å²) >= 11 is 0. The van der Waals surface area contributed by atoms with Crippen molar-refractivity contribution in [3.05, 3.63) is 23.6 Å². The summed E-state index contributed by atoms with van der Waals surface area (Å²) in [5, 5.41) is 0. The summed E-state index contributed by atoms with van der Waals surface area (Å²) in [6.07, 6.45) is 0. The summed E-state index contributed by atoms with van der Waals surface area (Å²) in [5.74, 6) is -1.09. The van der Waals surface area contributed by atoms with Crippen LogP contribution in [0.3, 0.4) is 0 Å². The van der Waals surface area contributed by atoms with E-state index in [-0.39, 0.29) is 10.7 Å². The van der Waals surface area contributed by atoms with Crippen molar-refractivity contribution in [2.75, 3.05) is 7.11 Å². The molecule has 2 nitrogen and oxygen atoms in total. The SMILES string of the molecule is COc1cc(C)cc(F)[n+]1F. The Balaban J connectivity index is 3.24. The predicted octanol–water partition coefficient (Wildman–Crippen LogP) is 1.16. The zero-order chi connectivity index (χ0) is 8.43. The van der Waals surface area contributed by atoms with Gasteiger partial charge in [0, 0.05) is 6.07 Å². The van der Waals surface area contributed by atoms with Gasteiger partial charge in [0.15, 0.2) is 0 Å². The van der Waals surface area contributed by atoms with E-state index in [0.29, 0.717) is 5.56 Å². The van der Waals surface area contributed by atoms with Crippen LogP contribution >= 0.6 is 0 Å². The smallest absolute Gasteiger partial charge is 0.416 e. The fraction of sp³-hybridized carbons (Fsp3) is 0.286. The van der Waals surface area contributed by atoms with Crippen LogP contribution in [0.2, 0.25) is 0 Å². The van der Waals surface area contributed by atoms with Crippen molar-refractivity contribution in [3.8, 4) is 5.88 Å². The van der Waals surface area contributed by atoms with Crippen molar-refractivity contribution < 1.29 is 18.4 Å². The standard InChI is InChI=1S/C7H8F2NO/c1-5-3-6(8)10(9)7(4-5)11-2/h3-4H,1-2H3/q+1. The lowest BCUT2D eigenvalue weighted by atomic mass is 10.3. The van der Waals surface area contributed by atoms with Gasteiger partial charge in [0.05, 0.1) is 18.0 Å². The first-order chi connectivity index (χ1) is 5.15. The number of nitrogens with zero attached hydrogens (tertiary/aromatic N) is 1. The molecule has 11 heavy (non-hydrogen) atoms. The minimum atomic E-state index is -0.957. The van der Waals surface area contributed by atoms with E-state index >= 15 is 0 Å². The maximum absolute atomic E-state index is 12.6. The van der Waals surface area contributed by atoms with Crippen molar-refractivity contribution in [3.63, 3.8) is 0 Å². The summed E-state index contributed by atoms with van der Waals surface area (Å²) in [4.78, 5) is -0.146. The van der Waals surface area contributed by atoms with Crippen molar-refractivity contribution in [2.24, 2.45) is 0 Å². The van der Waals surface area contributed by atoms with Crippen LogP contribution in [0.15, 0.2) is 12.1 Å². The van der Waals surface area contributed by atoms with Crippen LogP contribution in [-0.4, -0.2) is 7.11 Å². The van der Waals surface area contributed by atoms with Gasteiger partial charge in [-0.2, -0.15) is 0 Å². The molecule has 0 aliphatic carbocycles. The van der Waals surface area contributed by atoms with E-state index < -0.39 is 5.95 Å². The average molecular weight is 160 g/mol. The van der Waals surface area contributed by atoms with Gasteiger partial charge in [0.25, 0.3) is 0 Å². The normalized spacial score (nSPS) is 9.82. The lowest BCUT2D eigenvalue weighted by Crippen LogP contribution is -2.29. The van der Waals surface area contributed by atoms with Gasteiger partial charge >= 0.3 is 11.8 Å². The van der Waals surface area contributed by atoms with E-state index in [1.807, 2.05) is 0 Å². The largest absolute Gasteiger partial charge is 0.445 e. The van der Waals surface area contributed by atoms with E-state index in [1.54, 1.807) is 6.92 Å². The first-order valence-electron chi connectivity index (χ1n) is 3.07. The Hall–Kier alpha value is -1.19. The maximum atomic E-state index is 12.6. The summed E-state index contributed by atoms with van der Waals surface area (Å²) in [5.41, 5.74) is 0.619. The molecule has 0 saturated heterocycles. The first kappa shape index (κ1) is 7.91. The average Bonchev–Trinajstić information content (AvgIpc) is 1.96. The topological polar surface area (TPSA) is 13.1 Å². The molecular weight excluding hydrogens is 152 g/mol. The molecule has 1 aromatic heterocycles. The quantitative estimate of drug-likeness (QED) is 0.562. The van der Waals surface area contributed by atoms with Crippen molar-refractivity contribution in [1.82, 2.24) is 0 Å². The fourth-order valence-corrected chi connectivity index (χ4v) is 0.782. The first-order valence-corrected chi connectivity index (χ1v) is 3.07. The molecule has 0 N–H and O–H groups in total. The summed E-state index contributed by atoms with van der Waals surface area (Å²) in [6, 6.07) is 2.49. The van der Waals surface area contributed by atoms with Crippen molar-refractivity contribution in [2.45, 2.75) is 6.92 Å². The number of ether oxygens (including phenoxy) is 1. The number of aromatic nitrogens is 1. The summed E-state index contributed by atoms with van der Waals surface area (Å²) < 4.78 is 29.7. The number of aryl methyl sites for hydroxylation is 1. The van der Waals surface area contributed by atoms with Crippen LogP contribution in [0, 0.1) is 12.9 Å². The number of hydrogen-bond donors (Lipinski definition) is 0. The molecule has 0 spiro atoms. The van der Waals surface area contributed by atoms with Gasteiger partial charge in [-0.15, -0.1) is 4.39 Å². The lowest BCUT2D eigenvalue weighted by Gasteiger charge is -1.93. The molecule has 1 aromatic rings. The molecule has 0 fully saturated rings. The fourth-order valence-electron chi connectivity index (χ4n) is 0.782. The van der Waals surface area contributed by atoms with Crippen LogP contribution < -0.4 is 9.53 Å². The van der Waals surface area contributed by atoms with E-state index in [1.165, 1.54) is 13.2 Å². The number of methoxy groups -OCH3 is 1.